The minimum absolute atomic E-state index is 0.116. The fraction of sp³-hybridized carbons (Fsp3) is 0.938. The largest absolute Gasteiger partial charge is 0.390 e. The summed E-state index contributed by atoms with van der Waals surface area (Å²) in [4.78, 5) is 14.2. The summed E-state index contributed by atoms with van der Waals surface area (Å²) in [6.07, 6.45) is 6.04. The van der Waals surface area contributed by atoms with Crippen LogP contribution in [0.3, 0.4) is 0 Å². The molecule has 0 spiro atoms. The average molecular weight is 297 g/mol. The van der Waals surface area contributed by atoms with E-state index in [-0.39, 0.29) is 6.03 Å². The van der Waals surface area contributed by atoms with Gasteiger partial charge in [-0.3, -0.25) is 4.90 Å². The van der Waals surface area contributed by atoms with Gasteiger partial charge in [0.25, 0.3) is 0 Å². The molecule has 1 saturated carbocycles. The Labute approximate surface area is 128 Å². The second-order valence-corrected chi connectivity index (χ2v) is 7.03. The van der Waals surface area contributed by atoms with Crippen LogP contribution in [0.4, 0.5) is 4.79 Å². The van der Waals surface area contributed by atoms with Crippen molar-refractivity contribution in [3.8, 4) is 0 Å². The van der Waals surface area contributed by atoms with Gasteiger partial charge in [-0.1, -0.05) is 6.92 Å². The van der Waals surface area contributed by atoms with Crippen molar-refractivity contribution < 1.29 is 9.90 Å². The maximum Gasteiger partial charge on any atom is 0.314 e. The number of aliphatic hydroxyl groups is 1. The van der Waals surface area contributed by atoms with E-state index in [0.29, 0.717) is 25.6 Å². The number of hydrogen-bond acceptors (Lipinski definition) is 3. The maximum absolute atomic E-state index is 11.8. The zero-order valence-corrected chi connectivity index (χ0v) is 13.5. The van der Waals surface area contributed by atoms with Crippen molar-refractivity contribution in [1.29, 1.82) is 0 Å². The van der Waals surface area contributed by atoms with Crippen molar-refractivity contribution in [3.63, 3.8) is 0 Å². The van der Waals surface area contributed by atoms with Gasteiger partial charge in [0, 0.05) is 19.1 Å². The van der Waals surface area contributed by atoms with Crippen molar-refractivity contribution >= 4 is 6.03 Å². The third-order valence-corrected chi connectivity index (χ3v) is 5.16. The molecule has 1 atom stereocenters. The van der Waals surface area contributed by atoms with E-state index in [1.54, 1.807) is 0 Å². The average Bonchev–Trinajstić information content (AvgIpc) is 2.43. The molecule has 2 amide bonds. The molecule has 1 aliphatic carbocycles. The summed E-state index contributed by atoms with van der Waals surface area (Å²) in [5, 5.41) is 15.7. The smallest absolute Gasteiger partial charge is 0.314 e. The van der Waals surface area contributed by atoms with Crippen LogP contribution in [0.25, 0.3) is 0 Å². The topological polar surface area (TPSA) is 64.6 Å². The molecule has 1 saturated heterocycles. The summed E-state index contributed by atoms with van der Waals surface area (Å²) in [7, 11) is 0. The molecule has 2 fully saturated rings. The lowest BCUT2D eigenvalue weighted by Crippen LogP contribution is -2.48. The van der Waals surface area contributed by atoms with Gasteiger partial charge in [-0.25, -0.2) is 4.79 Å². The van der Waals surface area contributed by atoms with Crippen LogP contribution in [-0.4, -0.2) is 53.9 Å². The number of nitrogens with zero attached hydrogens (tertiary/aromatic N) is 1. The predicted molar refractivity (Wildman–Crippen MR) is 84.3 cm³/mol. The Morgan fingerprint density at radius 3 is 2.57 bits per heavy atom. The Morgan fingerprint density at radius 2 is 2.00 bits per heavy atom. The molecule has 1 heterocycles. The first-order valence-corrected chi connectivity index (χ1v) is 8.47. The molecule has 0 aromatic rings. The Balaban J connectivity index is 1.55. The molecule has 0 unspecified atom stereocenters. The van der Waals surface area contributed by atoms with Crippen LogP contribution in [0.5, 0.6) is 0 Å². The Hall–Kier alpha value is -0.810. The SMILES string of the molecule is CC1CCN([C@H](C)CNC(=O)NCCC2(O)CCC2)CC1. The molecule has 0 radical (unpaired) electrons. The van der Waals surface area contributed by atoms with Gasteiger partial charge in [-0.15, -0.1) is 0 Å². The normalized spacial score (nSPS) is 24.1. The number of carbonyl (C=O) groups excluding carboxylic acids is 1. The van der Waals surface area contributed by atoms with Crippen LogP contribution in [0.15, 0.2) is 0 Å². The van der Waals surface area contributed by atoms with Gasteiger partial charge in [0.2, 0.25) is 0 Å². The highest BCUT2D eigenvalue weighted by molar-refractivity contribution is 5.73. The number of amides is 2. The number of likely N-dealkylation sites (tertiary alicyclic amines) is 1. The first-order chi connectivity index (χ1) is 9.98. The molecule has 5 nitrogen and oxygen atoms in total. The lowest BCUT2D eigenvalue weighted by Gasteiger charge is -2.36. The summed E-state index contributed by atoms with van der Waals surface area (Å²) in [6.45, 7) is 8.00. The third kappa shape index (κ3) is 5.15. The standard InChI is InChI=1S/C16H31N3O2/c1-13-4-10-19(11-5-13)14(2)12-18-15(20)17-9-8-16(21)6-3-7-16/h13-14,21H,3-12H2,1-2H3,(H2,17,18,20)/t14-/m1/s1. The van der Waals surface area contributed by atoms with Crippen LogP contribution < -0.4 is 10.6 Å². The lowest BCUT2D eigenvalue weighted by atomic mass is 9.78. The zero-order chi connectivity index (χ0) is 15.3. The van der Waals surface area contributed by atoms with Crippen molar-refractivity contribution in [2.75, 3.05) is 26.2 Å². The highest BCUT2D eigenvalue weighted by Gasteiger charge is 2.33. The summed E-state index contributed by atoms with van der Waals surface area (Å²) in [5.74, 6) is 0.835. The molecule has 0 aromatic heterocycles. The van der Waals surface area contributed by atoms with Crippen LogP contribution in [0, 0.1) is 5.92 Å². The van der Waals surface area contributed by atoms with E-state index >= 15 is 0 Å². The zero-order valence-electron chi connectivity index (χ0n) is 13.5. The third-order valence-electron chi connectivity index (χ3n) is 5.16. The second kappa shape index (κ2) is 7.45. The number of nitrogens with one attached hydrogen (secondary N) is 2. The molecule has 122 valence electrons. The van der Waals surface area contributed by atoms with Gasteiger partial charge in [-0.2, -0.15) is 0 Å². The number of hydrogen-bond donors (Lipinski definition) is 3. The monoisotopic (exact) mass is 297 g/mol. The molecular formula is C16H31N3O2. The van der Waals surface area contributed by atoms with E-state index < -0.39 is 5.60 Å². The van der Waals surface area contributed by atoms with Gasteiger partial charge in [0.1, 0.15) is 0 Å². The molecule has 5 heteroatoms. The van der Waals surface area contributed by atoms with E-state index in [4.69, 9.17) is 0 Å². The van der Waals surface area contributed by atoms with E-state index in [9.17, 15) is 9.90 Å². The van der Waals surface area contributed by atoms with Crippen molar-refractivity contribution in [2.24, 2.45) is 5.92 Å². The van der Waals surface area contributed by atoms with E-state index in [1.807, 2.05) is 0 Å². The Bertz CT molecular complexity index is 336. The minimum atomic E-state index is -0.509. The predicted octanol–water partition coefficient (Wildman–Crippen LogP) is 1.71. The van der Waals surface area contributed by atoms with Crippen LogP contribution >= 0.6 is 0 Å². The molecule has 1 aliphatic heterocycles. The Kier molecular flexibility index (Phi) is 5.88. The van der Waals surface area contributed by atoms with Gasteiger partial charge >= 0.3 is 6.03 Å². The summed E-state index contributed by atoms with van der Waals surface area (Å²) in [5.41, 5.74) is -0.509. The summed E-state index contributed by atoms with van der Waals surface area (Å²) < 4.78 is 0. The number of urea groups is 1. The Morgan fingerprint density at radius 1 is 1.33 bits per heavy atom. The molecule has 0 aromatic carbocycles. The van der Waals surface area contributed by atoms with Gasteiger partial charge in [-0.05, 0) is 64.5 Å². The van der Waals surface area contributed by atoms with E-state index in [2.05, 4.69) is 29.4 Å². The quantitative estimate of drug-likeness (QED) is 0.699. The molecule has 2 aliphatic rings. The fourth-order valence-electron chi connectivity index (χ4n) is 3.14. The second-order valence-electron chi connectivity index (χ2n) is 7.03. The van der Waals surface area contributed by atoms with Gasteiger partial charge in [0.05, 0.1) is 5.60 Å². The van der Waals surface area contributed by atoms with E-state index in [1.165, 1.54) is 12.8 Å². The van der Waals surface area contributed by atoms with Gasteiger partial charge < -0.3 is 15.7 Å². The van der Waals surface area contributed by atoms with Crippen molar-refractivity contribution in [2.45, 2.75) is 64.0 Å². The maximum atomic E-state index is 11.8. The number of rotatable bonds is 6. The van der Waals surface area contributed by atoms with E-state index in [0.717, 1.165) is 38.3 Å². The van der Waals surface area contributed by atoms with Crippen molar-refractivity contribution in [3.05, 3.63) is 0 Å². The van der Waals surface area contributed by atoms with Crippen molar-refractivity contribution in [1.82, 2.24) is 15.5 Å². The number of piperidine rings is 1. The molecular weight excluding hydrogens is 266 g/mol. The summed E-state index contributed by atoms with van der Waals surface area (Å²) >= 11 is 0. The van der Waals surface area contributed by atoms with Crippen LogP contribution in [0.1, 0.15) is 52.4 Å². The van der Waals surface area contributed by atoms with Gasteiger partial charge in [0.15, 0.2) is 0 Å². The summed E-state index contributed by atoms with van der Waals surface area (Å²) in [6, 6.07) is 0.272. The van der Waals surface area contributed by atoms with Crippen LogP contribution in [0.2, 0.25) is 0 Å². The molecule has 2 rings (SSSR count). The van der Waals surface area contributed by atoms with Crippen LogP contribution in [-0.2, 0) is 0 Å². The lowest BCUT2D eigenvalue weighted by molar-refractivity contribution is -0.0389. The fourth-order valence-corrected chi connectivity index (χ4v) is 3.14. The molecule has 0 bridgehead atoms. The highest BCUT2D eigenvalue weighted by Crippen LogP contribution is 2.33. The number of carbonyl (C=O) groups is 1. The molecule has 3 N–H and O–H groups in total. The first-order valence-electron chi connectivity index (χ1n) is 8.47. The highest BCUT2D eigenvalue weighted by atomic mass is 16.3. The first kappa shape index (κ1) is 16.6. The minimum Gasteiger partial charge on any atom is -0.390 e. The molecule has 21 heavy (non-hydrogen) atoms.